The molecule has 14 heteroatoms. The van der Waals surface area contributed by atoms with E-state index in [4.69, 9.17) is 9.84 Å². The summed E-state index contributed by atoms with van der Waals surface area (Å²) in [6.07, 6.45) is 1.94. The van der Waals surface area contributed by atoms with E-state index in [0.29, 0.717) is 25.7 Å². The van der Waals surface area contributed by atoms with Crippen molar-refractivity contribution >= 4 is 29.8 Å². The zero-order chi connectivity index (χ0) is 27.8. The van der Waals surface area contributed by atoms with Gasteiger partial charge in [-0.1, -0.05) is 6.58 Å². The summed E-state index contributed by atoms with van der Waals surface area (Å²) in [5.41, 5.74) is 0. The van der Waals surface area contributed by atoms with Crippen molar-refractivity contribution in [1.82, 2.24) is 0 Å². The number of alkyl halides is 4. The molecule has 1 aliphatic carbocycles. The molecule has 0 spiro atoms. The third-order valence-corrected chi connectivity index (χ3v) is 5.30. The van der Waals surface area contributed by atoms with Crippen LogP contribution in [-0.4, -0.2) is 60.0 Å². The predicted octanol–water partition coefficient (Wildman–Crippen LogP) is 2.93. The minimum Gasteiger partial charge on any atom is -0.481 e. The molecule has 1 aliphatic rings. The highest BCUT2D eigenvalue weighted by Gasteiger charge is 2.69. The molecule has 0 unspecified atom stereocenters. The number of benzene rings is 1. The highest BCUT2D eigenvalue weighted by atomic mass is 19.3. The van der Waals surface area contributed by atoms with E-state index in [-0.39, 0.29) is 5.75 Å². The monoisotopic (exact) mass is 534 g/mol. The van der Waals surface area contributed by atoms with Gasteiger partial charge in [-0.05, 0) is 49.9 Å². The van der Waals surface area contributed by atoms with E-state index in [9.17, 15) is 41.5 Å². The molecule has 0 amide bonds. The smallest absolute Gasteiger partial charge is 0.416 e. The quantitative estimate of drug-likeness (QED) is 0.148. The lowest BCUT2D eigenvalue weighted by molar-refractivity contribution is -0.233. The molecule has 0 bridgehead atoms. The normalized spacial score (nSPS) is 17.7. The highest BCUT2D eigenvalue weighted by Crippen LogP contribution is 2.37. The molecule has 1 N–H and O–H groups in total. The van der Waals surface area contributed by atoms with E-state index in [0.717, 1.165) is 30.3 Å². The zero-order valence-corrected chi connectivity index (χ0v) is 19.1. The molecule has 0 saturated heterocycles. The van der Waals surface area contributed by atoms with E-state index in [1.165, 1.54) is 0 Å². The fourth-order valence-electron chi connectivity index (χ4n) is 3.20. The van der Waals surface area contributed by atoms with Gasteiger partial charge < -0.3 is 24.1 Å². The lowest BCUT2D eigenvalue weighted by atomic mass is 9.82. The number of hydrogen-bond acceptors (Lipinski definition) is 9. The Labute approximate surface area is 207 Å². The summed E-state index contributed by atoms with van der Waals surface area (Å²) in [6.45, 7) is 1.35. The maximum Gasteiger partial charge on any atom is 0.416 e. The highest BCUT2D eigenvalue weighted by molar-refractivity contribution is 5.91. The average molecular weight is 534 g/mol. The Morgan fingerprint density at radius 2 is 1.27 bits per heavy atom. The van der Waals surface area contributed by atoms with Gasteiger partial charge in [0, 0.05) is 6.08 Å². The Morgan fingerprint density at radius 1 is 0.811 bits per heavy atom. The lowest BCUT2D eigenvalue weighted by Crippen LogP contribution is -2.54. The van der Waals surface area contributed by atoms with Crippen LogP contribution in [0, 0.1) is 11.8 Å². The second-order valence-corrected chi connectivity index (χ2v) is 7.83. The Kier molecular flexibility index (Phi) is 9.74. The fourth-order valence-corrected chi connectivity index (χ4v) is 3.20. The third kappa shape index (κ3) is 7.51. The first kappa shape index (κ1) is 29.3. The lowest BCUT2D eigenvalue weighted by Gasteiger charge is -2.24. The molecule has 202 valence electrons. The molecule has 1 aromatic rings. The number of carbonyl (C=O) groups is 5. The fraction of sp³-hybridized carbons (Fsp3) is 0.435. The molecule has 0 atom stereocenters. The van der Waals surface area contributed by atoms with Crippen molar-refractivity contribution in [3.05, 3.63) is 36.9 Å². The molecule has 0 aromatic heterocycles. The Hall–Kier alpha value is -3.97. The number of esters is 4. The van der Waals surface area contributed by atoms with Gasteiger partial charge in [0.05, 0.1) is 11.8 Å². The second-order valence-electron chi connectivity index (χ2n) is 7.83. The van der Waals surface area contributed by atoms with Crippen molar-refractivity contribution in [3.8, 4) is 11.5 Å². The topological polar surface area (TPSA) is 142 Å². The van der Waals surface area contributed by atoms with Gasteiger partial charge in [-0.3, -0.25) is 9.59 Å². The van der Waals surface area contributed by atoms with Crippen molar-refractivity contribution in [2.75, 3.05) is 13.2 Å². The maximum atomic E-state index is 14.0. The molecular formula is C23H22F4O10. The molecule has 1 aromatic carbocycles. The summed E-state index contributed by atoms with van der Waals surface area (Å²) >= 11 is 0. The first-order chi connectivity index (χ1) is 17.3. The average Bonchev–Trinajstić information content (AvgIpc) is 2.87. The van der Waals surface area contributed by atoms with Gasteiger partial charge in [0.25, 0.3) is 0 Å². The summed E-state index contributed by atoms with van der Waals surface area (Å²) in [6, 6.07) is 3.89. The van der Waals surface area contributed by atoms with E-state index >= 15 is 0 Å². The van der Waals surface area contributed by atoms with Crippen LogP contribution in [0.1, 0.15) is 25.7 Å². The first-order valence-corrected chi connectivity index (χ1v) is 10.8. The van der Waals surface area contributed by atoms with Crippen molar-refractivity contribution in [2.24, 2.45) is 11.8 Å². The van der Waals surface area contributed by atoms with Crippen LogP contribution in [0.4, 0.5) is 17.6 Å². The molecule has 10 nitrogen and oxygen atoms in total. The van der Waals surface area contributed by atoms with E-state index < -0.39 is 72.5 Å². The van der Waals surface area contributed by atoms with Crippen LogP contribution in [0.15, 0.2) is 36.9 Å². The van der Waals surface area contributed by atoms with Gasteiger partial charge in [0.1, 0.15) is 24.7 Å². The molecule has 0 radical (unpaired) electrons. The number of carboxylic acids is 1. The number of aliphatic carboxylic acids is 1. The van der Waals surface area contributed by atoms with E-state index in [1.807, 2.05) is 0 Å². The van der Waals surface area contributed by atoms with Gasteiger partial charge in [0.15, 0.2) is 0 Å². The van der Waals surface area contributed by atoms with Crippen LogP contribution in [0.5, 0.6) is 11.5 Å². The summed E-state index contributed by atoms with van der Waals surface area (Å²) in [7, 11) is 0. The van der Waals surface area contributed by atoms with E-state index in [2.05, 4.69) is 20.8 Å². The molecule has 0 heterocycles. The SMILES string of the molecule is C=CC(=O)OCCOC(=O)C(F)(F)C(F)(F)C(=O)Oc1ccc(OC(=O)C2CCC(C(=O)O)CC2)cc1. The molecule has 1 saturated carbocycles. The van der Waals surface area contributed by atoms with Gasteiger partial charge >= 0.3 is 41.7 Å². The Balaban J connectivity index is 1.91. The van der Waals surface area contributed by atoms with Gasteiger partial charge in [-0.25, -0.2) is 14.4 Å². The summed E-state index contributed by atoms with van der Waals surface area (Å²) in [5.74, 6) is -21.0. The maximum absolute atomic E-state index is 14.0. The van der Waals surface area contributed by atoms with Gasteiger partial charge in [-0.15, -0.1) is 0 Å². The Bertz CT molecular complexity index is 1030. The molecule has 37 heavy (non-hydrogen) atoms. The van der Waals surface area contributed by atoms with Crippen molar-refractivity contribution in [2.45, 2.75) is 37.5 Å². The van der Waals surface area contributed by atoms with Crippen LogP contribution < -0.4 is 9.47 Å². The number of carbonyl (C=O) groups excluding carboxylic acids is 4. The van der Waals surface area contributed by atoms with Crippen molar-refractivity contribution in [1.29, 1.82) is 0 Å². The Morgan fingerprint density at radius 3 is 1.78 bits per heavy atom. The second kappa shape index (κ2) is 12.3. The van der Waals surface area contributed by atoms with Crippen LogP contribution in [0.25, 0.3) is 0 Å². The summed E-state index contributed by atoms with van der Waals surface area (Å²) in [4.78, 5) is 57.2. The number of ether oxygens (including phenoxy) is 4. The predicted molar refractivity (Wildman–Crippen MR) is 113 cm³/mol. The standard InChI is InChI=1S/C23H22F4O10/c1-2-17(28)34-11-12-35-20(32)22(24,25)23(26,27)21(33)37-16-9-7-15(8-10-16)36-19(31)14-5-3-13(4-6-14)18(29)30/h2,7-10,13-14H,1,3-6,11-12H2,(H,29,30). The molecule has 1 fully saturated rings. The van der Waals surface area contributed by atoms with Crippen LogP contribution in [0.2, 0.25) is 0 Å². The first-order valence-electron chi connectivity index (χ1n) is 10.8. The molecule has 2 rings (SSSR count). The number of hydrogen-bond donors (Lipinski definition) is 1. The van der Waals surface area contributed by atoms with Gasteiger partial charge in [-0.2, -0.15) is 17.6 Å². The van der Waals surface area contributed by atoms with Crippen LogP contribution >= 0.6 is 0 Å². The van der Waals surface area contributed by atoms with Crippen molar-refractivity contribution < 1.29 is 65.6 Å². The minimum atomic E-state index is -5.62. The number of halogens is 4. The van der Waals surface area contributed by atoms with E-state index in [1.54, 1.807) is 0 Å². The third-order valence-electron chi connectivity index (χ3n) is 5.30. The summed E-state index contributed by atoms with van der Waals surface area (Å²) in [5, 5.41) is 9.00. The largest absolute Gasteiger partial charge is 0.481 e. The molecule has 0 aliphatic heterocycles. The van der Waals surface area contributed by atoms with Crippen LogP contribution in [-0.2, 0) is 33.4 Å². The van der Waals surface area contributed by atoms with Gasteiger partial charge in [0.2, 0.25) is 0 Å². The number of carboxylic acid groups (broad SMARTS) is 1. The number of rotatable bonds is 11. The molecular weight excluding hydrogens is 512 g/mol. The van der Waals surface area contributed by atoms with Crippen molar-refractivity contribution in [3.63, 3.8) is 0 Å². The minimum absolute atomic E-state index is 0.0667. The van der Waals surface area contributed by atoms with Crippen LogP contribution in [0.3, 0.4) is 0 Å². The zero-order valence-electron chi connectivity index (χ0n) is 19.1. The summed E-state index contributed by atoms with van der Waals surface area (Å²) < 4.78 is 73.5.